The summed E-state index contributed by atoms with van der Waals surface area (Å²) in [7, 11) is 0. The van der Waals surface area contributed by atoms with Crippen LogP contribution in [0.4, 0.5) is 0 Å². The van der Waals surface area contributed by atoms with E-state index in [0.717, 1.165) is 75.7 Å². The molecule has 0 spiro atoms. The van der Waals surface area contributed by atoms with Gasteiger partial charge in [0.15, 0.2) is 5.78 Å². The number of aryl methyl sites for hydroxylation is 2. The molecule has 2 aromatic rings. The minimum absolute atomic E-state index is 0.0550. The van der Waals surface area contributed by atoms with Crippen LogP contribution in [-0.2, 0) is 24.1 Å². The number of benzene rings is 1. The van der Waals surface area contributed by atoms with E-state index in [4.69, 9.17) is 9.84 Å². The van der Waals surface area contributed by atoms with Crippen molar-refractivity contribution in [2.75, 3.05) is 32.8 Å². The number of likely N-dealkylation sites (tertiary alicyclic amines) is 1. The largest absolute Gasteiger partial charge is 0.381 e. The lowest BCUT2D eigenvalue weighted by Gasteiger charge is -2.30. The molecule has 2 aliphatic heterocycles. The third-order valence-corrected chi connectivity index (χ3v) is 7.71. The first-order valence-electron chi connectivity index (χ1n) is 14.3. The summed E-state index contributed by atoms with van der Waals surface area (Å²) in [5.41, 5.74) is 3.95. The molecule has 0 radical (unpaired) electrons. The van der Waals surface area contributed by atoms with E-state index < -0.39 is 0 Å². The van der Waals surface area contributed by atoms with Crippen LogP contribution in [0.1, 0.15) is 101 Å². The summed E-state index contributed by atoms with van der Waals surface area (Å²) in [6.07, 6.45) is 7.27. The first-order valence-corrected chi connectivity index (χ1v) is 14.3. The van der Waals surface area contributed by atoms with Gasteiger partial charge >= 0.3 is 0 Å². The lowest BCUT2D eigenvalue weighted by atomic mass is 9.98. The van der Waals surface area contributed by atoms with Crippen molar-refractivity contribution in [3.05, 3.63) is 52.3 Å². The van der Waals surface area contributed by atoms with Gasteiger partial charge in [-0.25, -0.2) is 0 Å². The summed E-state index contributed by atoms with van der Waals surface area (Å²) in [4.78, 5) is 40.4. The van der Waals surface area contributed by atoms with Gasteiger partial charge in [-0.15, -0.1) is 0 Å². The number of unbranched alkanes of at least 4 members (excludes halogenated alkanes) is 1. The fraction of sp³-hybridized carbons (Fsp3) is 0.600. The number of piperidine rings is 1. The standard InChI is InChI=1S/C30H42N4O4/c1-3-34-28-25(8-6-20-38-21-7-17-31-29(28)36)26(32-34)9-4-5-10-27(35)23-11-13-24(14-12-23)30(37)33-18-15-22(2)16-19-33/h11-14,22H,3-10,15-21H2,1-2H3,(H,31,36). The van der Waals surface area contributed by atoms with E-state index in [9.17, 15) is 14.4 Å². The maximum atomic E-state index is 12.9. The molecule has 1 N–H and O–H groups in total. The quantitative estimate of drug-likeness (QED) is 0.408. The van der Waals surface area contributed by atoms with Gasteiger partial charge in [-0.2, -0.15) is 5.10 Å². The van der Waals surface area contributed by atoms with Crippen molar-refractivity contribution in [2.45, 2.75) is 78.2 Å². The van der Waals surface area contributed by atoms with Gasteiger partial charge in [0, 0.05) is 62.5 Å². The number of amides is 2. The number of hydrogen-bond acceptors (Lipinski definition) is 5. The van der Waals surface area contributed by atoms with Crippen molar-refractivity contribution in [3.63, 3.8) is 0 Å². The number of carbonyl (C=O) groups excluding carboxylic acids is 3. The average molecular weight is 523 g/mol. The molecule has 1 saturated heterocycles. The SMILES string of the molecule is CCn1nc(CCCCC(=O)c2ccc(C(=O)N3CCC(C)CC3)cc2)c2c1C(=O)NCCCOCCC2. The number of fused-ring (bicyclic) bond motifs is 1. The van der Waals surface area contributed by atoms with Gasteiger partial charge in [-0.05, 0) is 76.3 Å². The van der Waals surface area contributed by atoms with Crippen molar-refractivity contribution in [1.82, 2.24) is 20.0 Å². The lowest BCUT2D eigenvalue weighted by Crippen LogP contribution is -2.37. The molecule has 3 heterocycles. The predicted molar refractivity (Wildman–Crippen MR) is 147 cm³/mol. The van der Waals surface area contributed by atoms with Crippen molar-refractivity contribution >= 4 is 17.6 Å². The monoisotopic (exact) mass is 522 g/mol. The van der Waals surface area contributed by atoms with Gasteiger partial charge in [0.25, 0.3) is 11.8 Å². The smallest absolute Gasteiger partial charge is 0.269 e. The van der Waals surface area contributed by atoms with E-state index >= 15 is 0 Å². The van der Waals surface area contributed by atoms with Crippen molar-refractivity contribution in [2.24, 2.45) is 5.92 Å². The topological polar surface area (TPSA) is 93.5 Å². The van der Waals surface area contributed by atoms with Crippen LogP contribution >= 0.6 is 0 Å². The van der Waals surface area contributed by atoms with Crippen molar-refractivity contribution < 1.29 is 19.1 Å². The van der Waals surface area contributed by atoms with Gasteiger partial charge in [0.2, 0.25) is 0 Å². The Hall–Kier alpha value is -3.00. The predicted octanol–water partition coefficient (Wildman–Crippen LogP) is 4.45. The normalized spacial score (nSPS) is 17.4. The molecule has 8 nitrogen and oxygen atoms in total. The second-order valence-corrected chi connectivity index (χ2v) is 10.6. The fourth-order valence-electron chi connectivity index (χ4n) is 5.32. The van der Waals surface area contributed by atoms with Crippen LogP contribution in [0.25, 0.3) is 0 Å². The minimum atomic E-state index is -0.0607. The maximum absolute atomic E-state index is 12.9. The molecular weight excluding hydrogens is 480 g/mol. The Labute approximate surface area is 226 Å². The first kappa shape index (κ1) is 28.0. The van der Waals surface area contributed by atoms with Gasteiger partial charge < -0.3 is 15.0 Å². The summed E-state index contributed by atoms with van der Waals surface area (Å²) in [6.45, 7) is 8.42. The molecule has 1 aromatic carbocycles. The van der Waals surface area contributed by atoms with E-state index in [1.54, 1.807) is 24.3 Å². The third kappa shape index (κ3) is 7.10. The molecule has 0 atom stereocenters. The molecule has 0 aliphatic carbocycles. The zero-order chi connectivity index (χ0) is 26.9. The van der Waals surface area contributed by atoms with Gasteiger partial charge in [0.1, 0.15) is 5.69 Å². The van der Waals surface area contributed by atoms with Crippen LogP contribution in [-0.4, -0.2) is 65.1 Å². The number of nitrogens with one attached hydrogen (secondary N) is 1. The highest BCUT2D eigenvalue weighted by Crippen LogP contribution is 2.22. The maximum Gasteiger partial charge on any atom is 0.269 e. The summed E-state index contributed by atoms with van der Waals surface area (Å²) in [5, 5.41) is 7.77. The molecule has 2 amide bonds. The number of carbonyl (C=O) groups is 3. The number of nitrogens with zero attached hydrogens (tertiary/aromatic N) is 3. The highest BCUT2D eigenvalue weighted by molar-refractivity contribution is 5.98. The van der Waals surface area contributed by atoms with Crippen LogP contribution in [0.2, 0.25) is 0 Å². The molecule has 206 valence electrons. The minimum Gasteiger partial charge on any atom is -0.381 e. The van der Waals surface area contributed by atoms with E-state index in [1.807, 2.05) is 16.5 Å². The number of aromatic nitrogens is 2. The Balaban J connectivity index is 1.31. The second-order valence-electron chi connectivity index (χ2n) is 10.6. The Morgan fingerprint density at radius 1 is 1.05 bits per heavy atom. The highest BCUT2D eigenvalue weighted by Gasteiger charge is 2.23. The summed E-state index contributed by atoms with van der Waals surface area (Å²) in [5.74, 6) is 0.758. The molecular formula is C30H42N4O4. The highest BCUT2D eigenvalue weighted by atomic mass is 16.5. The third-order valence-electron chi connectivity index (χ3n) is 7.71. The lowest BCUT2D eigenvalue weighted by molar-refractivity contribution is 0.0696. The van der Waals surface area contributed by atoms with E-state index in [-0.39, 0.29) is 17.6 Å². The molecule has 38 heavy (non-hydrogen) atoms. The van der Waals surface area contributed by atoms with E-state index in [1.165, 1.54) is 0 Å². The molecule has 1 aromatic heterocycles. The zero-order valence-electron chi connectivity index (χ0n) is 23.0. The van der Waals surface area contributed by atoms with Crippen molar-refractivity contribution in [3.8, 4) is 0 Å². The fourth-order valence-corrected chi connectivity index (χ4v) is 5.32. The molecule has 2 aliphatic rings. The van der Waals surface area contributed by atoms with Crippen LogP contribution in [0, 0.1) is 5.92 Å². The number of ketones is 1. The number of hydrogen-bond donors (Lipinski definition) is 1. The van der Waals surface area contributed by atoms with Crippen LogP contribution in [0.3, 0.4) is 0 Å². The number of ether oxygens (including phenoxy) is 1. The second kappa shape index (κ2) is 13.7. The summed E-state index contributed by atoms with van der Waals surface area (Å²) in [6, 6.07) is 7.13. The van der Waals surface area contributed by atoms with Crippen LogP contribution in [0.15, 0.2) is 24.3 Å². The zero-order valence-corrected chi connectivity index (χ0v) is 23.0. The number of Topliss-reactive ketones (excluding diaryl/α,β-unsaturated/α-hetero) is 1. The Bertz CT molecular complexity index is 1100. The molecule has 0 unspecified atom stereocenters. The van der Waals surface area contributed by atoms with Gasteiger partial charge in [0.05, 0.1) is 5.69 Å². The summed E-state index contributed by atoms with van der Waals surface area (Å²) < 4.78 is 7.49. The van der Waals surface area contributed by atoms with E-state index in [2.05, 4.69) is 12.2 Å². The number of rotatable bonds is 8. The van der Waals surface area contributed by atoms with Crippen LogP contribution < -0.4 is 5.32 Å². The molecule has 0 bridgehead atoms. The van der Waals surface area contributed by atoms with Gasteiger partial charge in [-0.1, -0.05) is 19.1 Å². The van der Waals surface area contributed by atoms with E-state index in [0.29, 0.717) is 55.5 Å². The summed E-state index contributed by atoms with van der Waals surface area (Å²) >= 11 is 0. The Kier molecular flexibility index (Phi) is 10.1. The molecule has 8 heteroatoms. The first-order chi connectivity index (χ1) is 18.5. The molecule has 1 fully saturated rings. The Morgan fingerprint density at radius 3 is 2.50 bits per heavy atom. The Morgan fingerprint density at radius 2 is 1.76 bits per heavy atom. The molecule has 4 rings (SSSR count). The average Bonchev–Trinajstić information content (AvgIpc) is 3.27. The molecule has 0 saturated carbocycles. The van der Waals surface area contributed by atoms with Gasteiger partial charge in [-0.3, -0.25) is 19.1 Å². The van der Waals surface area contributed by atoms with Crippen LogP contribution in [0.5, 0.6) is 0 Å². The van der Waals surface area contributed by atoms with Crippen molar-refractivity contribution in [1.29, 1.82) is 0 Å².